The van der Waals surface area contributed by atoms with Crippen molar-refractivity contribution in [3.8, 4) is 0 Å². The molecule has 0 saturated heterocycles. The third kappa shape index (κ3) is 4.80. The van der Waals surface area contributed by atoms with Crippen LogP contribution in [0.1, 0.15) is 35.7 Å². The van der Waals surface area contributed by atoms with E-state index in [1.165, 1.54) is 26.3 Å². The van der Waals surface area contributed by atoms with Crippen LogP contribution in [0, 0.1) is 5.92 Å². The van der Waals surface area contributed by atoms with E-state index in [-0.39, 0.29) is 27.4 Å². The largest absolute Gasteiger partial charge is 0.331 e. The van der Waals surface area contributed by atoms with Crippen molar-refractivity contribution < 1.29 is 18.0 Å². The summed E-state index contributed by atoms with van der Waals surface area (Å²) in [5.41, 5.74) is 1.30. The minimum atomic E-state index is -3.98. The van der Waals surface area contributed by atoms with Crippen molar-refractivity contribution in [3.63, 3.8) is 0 Å². The van der Waals surface area contributed by atoms with Crippen LogP contribution < -0.4 is 0 Å². The molecule has 0 aliphatic heterocycles. The molecule has 1 unspecified atom stereocenters. The van der Waals surface area contributed by atoms with Crippen molar-refractivity contribution in [1.29, 1.82) is 0 Å². The predicted molar refractivity (Wildman–Crippen MR) is 112 cm³/mol. The predicted octanol–water partition coefficient (Wildman–Crippen LogP) is 3.96. The first-order chi connectivity index (χ1) is 13.8. The molecule has 0 spiro atoms. The van der Waals surface area contributed by atoms with Crippen molar-refractivity contribution >= 4 is 27.5 Å². The van der Waals surface area contributed by atoms with Gasteiger partial charge in [-0.15, -0.1) is 0 Å². The summed E-state index contributed by atoms with van der Waals surface area (Å²) in [5, 5.41) is 0.0373. The zero-order valence-electron chi connectivity index (χ0n) is 16.7. The van der Waals surface area contributed by atoms with Crippen LogP contribution in [-0.2, 0) is 21.4 Å². The van der Waals surface area contributed by atoms with Crippen LogP contribution >= 0.6 is 11.6 Å². The molecule has 2 aromatic carbocycles. The second-order valence-corrected chi connectivity index (χ2v) is 9.55. The van der Waals surface area contributed by atoms with Gasteiger partial charge in [-0.3, -0.25) is 9.63 Å². The van der Waals surface area contributed by atoms with Crippen molar-refractivity contribution in [2.75, 3.05) is 14.2 Å². The van der Waals surface area contributed by atoms with Gasteiger partial charge in [0.15, 0.2) is 0 Å². The van der Waals surface area contributed by atoms with Gasteiger partial charge in [0.2, 0.25) is 0 Å². The summed E-state index contributed by atoms with van der Waals surface area (Å²) in [6.07, 6.45) is 2.19. The first kappa shape index (κ1) is 21.8. The number of carbonyl (C=O) groups is 1. The first-order valence-electron chi connectivity index (χ1n) is 9.43. The number of amides is 1. The fraction of sp³-hybridized carbons (Fsp3) is 0.381. The molecule has 1 aliphatic rings. The highest BCUT2D eigenvalue weighted by Gasteiger charge is 2.35. The topological polar surface area (TPSA) is 66.9 Å². The van der Waals surface area contributed by atoms with Gasteiger partial charge >= 0.3 is 0 Å². The maximum atomic E-state index is 13.4. The first-order valence-corrected chi connectivity index (χ1v) is 11.2. The molecule has 1 atom stereocenters. The molecule has 1 saturated carbocycles. The van der Waals surface area contributed by atoms with E-state index in [9.17, 15) is 13.2 Å². The number of nitrogens with zero attached hydrogens (tertiary/aromatic N) is 2. The molecule has 2 aromatic rings. The second kappa shape index (κ2) is 8.83. The lowest BCUT2D eigenvalue weighted by Gasteiger charge is -2.30. The summed E-state index contributed by atoms with van der Waals surface area (Å²) in [6.45, 7) is 2.50. The number of hydrogen-bond donors (Lipinski definition) is 0. The summed E-state index contributed by atoms with van der Waals surface area (Å²) in [4.78, 5) is 19.9. The molecule has 8 heteroatoms. The molecule has 1 aliphatic carbocycles. The van der Waals surface area contributed by atoms with E-state index in [1.54, 1.807) is 6.07 Å². The number of hydrogen-bond acceptors (Lipinski definition) is 4. The quantitative estimate of drug-likeness (QED) is 0.587. The smallest absolute Gasteiger partial charge is 0.266 e. The fourth-order valence-electron chi connectivity index (χ4n) is 3.25. The van der Waals surface area contributed by atoms with Crippen molar-refractivity contribution in [2.24, 2.45) is 5.92 Å². The molecule has 0 heterocycles. The normalized spacial score (nSPS) is 15.3. The van der Waals surface area contributed by atoms with Gasteiger partial charge in [0.05, 0.1) is 12.1 Å². The van der Waals surface area contributed by atoms with Gasteiger partial charge in [0.25, 0.3) is 15.9 Å². The number of hydroxylamine groups is 1. The van der Waals surface area contributed by atoms with Crippen molar-refractivity contribution in [2.45, 2.75) is 37.2 Å². The summed E-state index contributed by atoms with van der Waals surface area (Å²) in [6, 6.07) is 14.1. The van der Waals surface area contributed by atoms with Gasteiger partial charge < -0.3 is 4.90 Å². The average molecular weight is 437 g/mol. The van der Waals surface area contributed by atoms with Crippen LogP contribution in [0.3, 0.4) is 0 Å². The molecule has 1 fully saturated rings. The van der Waals surface area contributed by atoms with Crippen LogP contribution in [0.5, 0.6) is 0 Å². The number of benzene rings is 2. The van der Waals surface area contributed by atoms with Crippen LogP contribution in [0.4, 0.5) is 0 Å². The molecule has 0 radical (unpaired) electrons. The van der Waals surface area contributed by atoms with E-state index in [4.69, 9.17) is 16.4 Å². The summed E-state index contributed by atoms with van der Waals surface area (Å²) in [5.74, 6) is 0.249. The number of carbonyl (C=O) groups excluding carboxylic acids is 1. The molecular weight excluding hydrogens is 412 g/mol. The lowest BCUT2D eigenvalue weighted by atomic mass is 10.1. The zero-order chi connectivity index (χ0) is 21.2. The van der Waals surface area contributed by atoms with E-state index in [0.29, 0.717) is 12.5 Å². The van der Waals surface area contributed by atoms with Crippen LogP contribution in [0.2, 0.25) is 5.02 Å². The van der Waals surface area contributed by atoms with Crippen LogP contribution in [-0.4, -0.2) is 43.9 Å². The molecule has 156 valence electrons. The Morgan fingerprint density at radius 1 is 1.21 bits per heavy atom. The lowest BCUT2D eigenvalue weighted by molar-refractivity contribution is -0.0258. The Bertz CT molecular complexity index is 977. The van der Waals surface area contributed by atoms with E-state index < -0.39 is 10.0 Å². The third-order valence-electron chi connectivity index (χ3n) is 5.30. The lowest BCUT2D eigenvalue weighted by Crippen LogP contribution is -2.39. The van der Waals surface area contributed by atoms with Crippen molar-refractivity contribution in [1.82, 2.24) is 9.37 Å². The molecule has 29 heavy (non-hydrogen) atoms. The third-order valence-corrected chi connectivity index (χ3v) is 7.47. The Kier molecular flexibility index (Phi) is 6.63. The monoisotopic (exact) mass is 436 g/mol. The molecule has 0 aromatic heterocycles. The SMILES string of the molecule is CON(C)S(=O)(=O)c1cc(C(=O)N(Cc2ccccc2)C(C)C2CC2)ccc1Cl. The number of sulfonamides is 1. The summed E-state index contributed by atoms with van der Waals surface area (Å²) < 4.78 is 26.0. The van der Waals surface area contributed by atoms with Gasteiger partial charge in [-0.2, -0.15) is 0 Å². The highest BCUT2D eigenvalue weighted by atomic mass is 35.5. The highest BCUT2D eigenvalue weighted by molar-refractivity contribution is 7.89. The van der Waals surface area contributed by atoms with Gasteiger partial charge in [0.1, 0.15) is 4.90 Å². The summed E-state index contributed by atoms with van der Waals surface area (Å²) in [7, 11) is -1.45. The van der Waals surface area contributed by atoms with Gasteiger partial charge in [0, 0.05) is 25.2 Å². The van der Waals surface area contributed by atoms with Gasteiger partial charge in [-0.25, -0.2) is 8.42 Å². The number of rotatable bonds is 8. The Labute approximate surface area is 177 Å². The maximum Gasteiger partial charge on any atom is 0.266 e. The van der Waals surface area contributed by atoms with E-state index in [2.05, 4.69) is 0 Å². The van der Waals surface area contributed by atoms with Gasteiger partial charge in [-0.05, 0) is 49.4 Å². The second-order valence-electron chi connectivity index (χ2n) is 7.24. The molecular formula is C21H25ClN2O4S. The van der Waals surface area contributed by atoms with E-state index >= 15 is 0 Å². The molecule has 1 amide bonds. The molecule has 6 nitrogen and oxygen atoms in total. The summed E-state index contributed by atoms with van der Waals surface area (Å²) >= 11 is 6.13. The Morgan fingerprint density at radius 2 is 1.86 bits per heavy atom. The fourth-order valence-corrected chi connectivity index (χ4v) is 4.72. The highest BCUT2D eigenvalue weighted by Crippen LogP contribution is 2.36. The van der Waals surface area contributed by atoms with E-state index in [0.717, 1.165) is 22.9 Å². The Hall–Kier alpha value is -1.93. The van der Waals surface area contributed by atoms with E-state index in [1.807, 2.05) is 42.2 Å². The molecule has 3 rings (SSSR count). The minimum Gasteiger partial charge on any atom is -0.331 e. The maximum absolute atomic E-state index is 13.4. The number of halogens is 1. The zero-order valence-corrected chi connectivity index (χ0v) is 18.3. The standard InChI is InChI=1S/C21H25ClN2O4S/c1-15(17-9-10-17)24(14-16-7-5-4-6-8-16)21(25)18-11-12-19(22)20(13-18)29(26,27)23(2)28-3/h4-8,11-13,15,17H,9-10,14H2,1-3H3. The molecule has 0 N–H and O–H groups in total. The Morgan fingerprint density at radius 3 is 2.45 bits per heavy atom. The molecule has 0 bridgehead atoms. The average Bonchev–Trinajstić information content (AvgIpc) is 3.56. The van der Waals surface area contributed by atoms with Crippen LogP contribution in [0.25, 0.3) is 0 Å². The Balaban J connectivity index is 1.96. The van der Waals surface area contributed by atoms with Crippen molar-refractivity contribution in [3.05, 3.63) is 64.7 Å². The van der Waals surface area contributed by atoms with Crippen LogP contribution in [0.15, 0.2) is 53.4 Å². The minimum absolute atomic E-state index is 0.0373. The van der Waals surface area contributed by atoms with Gasteiger partial charge in [-0.1, -0.05) is 46.4 Å².